The third kappa shape index (κ3) is 5.52. The van der Waals surface area contributed by atoms with Crippen LogP contribution in [0.1, 0.15) is 0 Å². The molecule has 19 heavy (non-hydrogen) atoms. The Bertz CT molecular complexity index is 479. The lowest BCUT2D eigenvalue weighted by Gasteiger charge is -2.08. The molecule has 108 valence electrons. The predicted octanol–water partition coefficient (Wildman–Crippen LogP) is 0.0646. The van der Waals surface area contributed by atoms with Crippen LogP contribution in [0.4, 0.5) is 5.82 Å². The van der Waals surface area contributed by atoms with E-state index in [1.54, 1.807) is 14.2 Å². The summed E-state index contributed by atoms with van der Waals surface area (Å²) in [6, 6.07) is 2.91. The van der Waals surface area contributed by atoms with Crippen LogP contribution in [0.2, 0.25) is 0 Å². The SMILES string of the molecule is CNc1cc(S(=O)(=O)NCCOCCOC)ccn1. The highest BCUT2D eigenvalue weighted by atomic mass is 32.2. The number of nitrogens with one attached hydrogen (secondary N) is 2. The number of hydrogen-bond acceptors (Lipinski definition) is 6. The summed E-state index contributed by atoms with van der Waals surface area (Å²) < 4.78 is 36.3. The minimum absolute atomic E-state index is 0.170. The number of methoxy groups -OCH3 is 1. The van der Waals surface area contributed by atoms with Gasteiger partial charge in [-0.3, -0.25) is 0 Å². The number of ether oxygens (including phenoxy) is 2. The van der Waals surface area contributed by atoms with Gasteiger partial charge in [-0.25, -0.2) is 18.1 Å². The molecule has 2 N–H and O–H groups in total. The van der Waals surface area contributed by atoms with E-state index in [9.17, 15) is 8.42 Å². The first-order valence-corrected chi connectivity index (χ1v) is 7.28. The number of hydrogen-bond donors (Lipinski definition) is 2. The fraction of sp³-hybridized carbons (Fsp3) is 0.545. The van der Waals surface area contributed by atoms with Crippen LogP contribution in [0, 0.1) is 0 Å². The number of rotatable bonds is 9. The minimum Gasteiger partial charge on any atom is -0.382 e. The second-order valence-electron chi connectivity index (χ2n) is 3.63. The van der Waals surface area contributed by atoms with Gasteiger partial charge in [0.05, 0.1) is 24.7 Å². The van der Waals surface area contributed by atoms with Crippen molar-refractivity contribution in [1.82, 2.24) is 9.71 Å². The molecule has 0 aromatic carbocycles. The Labute approximate surface area is 113 Å². The monoisotopic (exact) mass is 289 g/mol. The zero-order valence-corrected chi connectivity index (χ0v) is 11.9. The van der Waals surface area contributed by atoms with E-state index in [-0.39, 0.29) is 11.4 Å². The van der Waals surface area contributed by atoms with Crippen molar-refractivity contribution in [1.29, 1.82) is 0 Å². The molecule has 0 spiro atoms. The molecular formula is C11H19N3O4S. The van der Waals surface area contributed by atoms with E-state index in [1.807, 2.05) is 0 Å². The van der Waals surface area contributed by atoms with E-state index < -0.39 is 10.0 Å². The van der Waals surface area contributed by atoms with Gasteiger partial charge in [0.2, 0.25) is 10.0 Å². The van der Waals surface area contributed by atoms with Crippen LogP contribution in [0.25, 0.3) is 0 Å². The first-order chi connectivity index (χ1) is 9.10. The van der Waals surface area contributed by atoms with Crippen molar-refractivity contribution < 1.29 is 17.9 Å². The molecule has 0 aliphatic carbocycles. The Balaban J connectivity index is 2.46. The summed E-state index contributed by atoms with van der Waals surface area (Å²) in [6.07, 6.45) is 1.44. The van der Waals surface area contributed by atoms with E-state index in [1.165, 1.54) is 18.3 Å². The minimum atomic E-state index is -3.53. The van der Waals surface area contributed by atoms with Crippen LogP contribution in [-0.2, 0) is 19.5 Å². The standard InChI is InChI=1S/C11H19N3O4S/c1-12-11-9-10(3-4-13-11)19(15,16)14-5-6-18-8-7-17-2/h3-4,9,14H,5-8H2,1-2H3,(H,12,13). The number of anilines is 1. The third-order valence-electron chi connectivity index (χ3n) is 2.27. The maximum absolute atomic E-state index is 11.9. The Kier molecular flexibility index (Phi) is 6.71. The van der Waals surface area contributed by atoms with Gasteiger partial charge in [-0.15, -0.1) is 0 Å². The normalized spacial score (nSPS) is 11.5. The topological polar surface area (TPSA) is 89.6 Å². The van der Waals surface area contributed by atoms with Crippen LogP contribution in [0.5, 0.6) is 0 Å². The summed E-state index contributed by atoms with van der Waals surface area (Å²) in [7, 11) is -0.272. The molecule has 0 aliphatic heterocycles. The van der Waals surface area contributed by atoms with Gasteiger partial charge in [0.15, 0.2) is 0 Å². The Morgan fingerprint density at radius 3 is 2.79 bits per heavy atom. The summed E-state index contributed by atoms with van der Waals surface area (Å²) in [5.41, 5.74) is 0. The maximum Gasteiger partial charge on any atom is 0.240 e. The van der Waals surface area contributed by atoms with Gasteiger partial charge in [-0.2, -0.15) is 0 Å². The average molecular weight is 289 g/mol. The second-order valence-corrected chi connectivity index (χ2v) is 5.40. The van der Waals surface area contributed by atoms with Gasteiger partial charge in [-0.05, 0) is 6.07 Å². The number of aromatic nitrogens is 1. The molecule has 0 atom stereocenters. The lowest BCUT2D eigenvalue weighted by molar-refractivity contribution is 0.0736. The molecule has 0 unspecified atom stereocenters. The highest BCUT2D eigenvalue weighted by molar-refractivity contribution is 7.89. The van der Waals surface area contributed by atoms with Crippen LogP contribution in [0.15, 0.2) is 23.2 Å². The molecule has 1 heterocycles. The van der Waals surface area contributed by atoms with Gasteiger partial charge in [0.1, 0.15) is 5.82 Å². The van der Waals surface area contributed by atoms with Crippen molar-refractivity contribution in [3.8, 4) is 0 Å². The van der Waals surface area contributed by atoms with E-state index in [0.717, 1.165) is 0 Å². The molecule has 8 heteroatoms. The van der Waals surface area contributed by atoms with Crippen molar-refractivity contribution in [3.05, 3.63) is 18.3 Å². The average Bonchev–Trinajstić information content (AvgIpc) is 2.43. The van der Waals surface area contributed by atoms with Crippen LogP contribution < -0.4 is 10.0 Å². The van der Waals surface area contributed by atoms with Crippen molar-refractivity contribution >= 4 is 15.8 Å². The molecule has 0 amide bonds. The summed E-state index contributed by atoms with van der Waals surface area (Å²) in [4.78, 5) is 4.13. The van der Waals surface area contributed by atoms with Crippen molar-refractivity contribution in [2.45, 2.75) is 4.90 Å². The van der Waals surface area contributed by atoms with Crippen LogP contribution in [0.3, 0.4) is 0 Å². The first kappa shape index (κ1) is 15.8. The maximum atomic E-state index is 11.9. The second kappa shape index (κ2) is 8.05. The van der Waals surface area contributed by atoms with Gasteiger partial charge in [0.25, 0.3) is 0 Å². The molecular weight excluding hydrogens is 270 g/mol. The lowest BCUT2D eigenvalue weighted by Crippen LogP contribution is -2.28. The predicted molar refractivity (Wildman–Crippen MR) is 71.7 cm³/mol. The zero-order chi connectivity index (χ0) is 14.1. The van der Waals surface area contributed by atoms with E-state index >= 15 is 0 Å². The summed E-state index contributed by atoms with van der Waals surface area (Å²) in [5.74, 6) is 0.499. The van der Waals surface area contributed by atoms with Crippen molar-refractivity contribution in [3.63, 3.8) is 0 Å². The Morgan fingerprint density at radius 1 is 1.32 bits per heavy atom. The highest BCUT2D eigenvalue weighted by Crippen LogP contribution is 2.11. The molecule has 1 rings (SSSR count). The smallest absolute Gasteiger partial charge is 0.240 e. The van der Waals surface area contributed by atoms with Gasteiger partial charge in [-0.1, -0.05) is 0 Å². The Morgan fingerprint density at radius 2 is 2.11 bits per heavy atom. The molecule has 0 saturated carbocycles. The van der Waals surface area contributed by atoms with E-state index in [2.05, 4.69) is 15.0 Å². The molecule has 0 radical (unpaired) electrons. The summed E-state index contributed by atoms with van der Waals surface area (Å²) in [5, 5.41) is 2.79. The quantitative estimate of drug-likeness (QED) is 0.625. The summed E-state index contributed by atoms with van der Waals surface area (Å²) >= 11 is 0. The third-order valence-corrected chi connectivity index (χ3v) is 3.73. The zero-order valence-electron chi connectivity index (χ0n) is 11.0. The summed E-state index contributed by atoms with van der Waals surface area (Å²) in [6.45, 7) is 1.44. The molecule has 0 fully saturated rings. The van der Waals surface area contributed by atoms with Gasteiger partial charge in [0, 0.05) is 33.0 Å². The molecule has 0 bridgehead atoms. The molecule has 1 aromatic heterocycles. The molecule has 0 aliphatic rings. The van der Waals surface area contributed by atoms with Crippen molar-refractivity contribution in [2.24, 2.45) is 0 Å². The van der Waals surface area contributed by atoms with Crippen LogP contribution >= 0.6 is 0 Å². The fourth-order valence-electron chi connectivity index (χ4n) is 1.29. The number of sulfonamides is 1. The number of nitrogens with zero attached hydrogens (tertiary/aromatic N) is 1. The largest absolute Gasteiger partial charge is 0.382 e. The molecule has 1 aromatic rings. The van der Waals surface area contributed by atoms with E-state index in [0.29, 0.717) is 25.6 Å². The first-order valence-electron chi connectivity index (χ1n) is 5.80. The van der Waals surface area contributed by atoms with E-state index in [4.69, 9.17) is 9.47 Å². The van der Waals surface area contributed by atoms with Crippen LogP contribution in [-0.4, -0.2) is 53.9 Å². The lowest BCUT2D eigenvalue weighted by atomic mass is 10.5. The molecule has 7 nitrogen and oxygen atoms in total. The fourth-order valence-corrected chi connectivity index (χ4v) is 2.32. The highest BCUT2D eigenvalue weighted by Gasteiger charge is 2.13. The number of pyridine rings is 1. The van der Waals surface area contributed by atoms with Gasteiger partial charge < -0.3 is 14.8 Å². The molecule has 0 saturated heterocycles. The van der Waals surface area contributed by atoms with Crippen molar-refractivity contribution in [2.75, 3.05) is 45.8 Å². The Hall–Kier alpha value is -1.22. The van der Waals surface area contributed by atoms with Gasteiger partial charge >= 0.3 is 0 Å².